The van der Waals surface area contributed by atoms with Gasteiger partial charge in [-0.05, 0) is 53.6 Å². The molecule has 170 valence electrons. The van der Waals surface area contributed by atoms with Crippen LogP contribution < -0.4 is 20.2 Å². The number of anilines is 1. The first kappa shape index (κ1) is 24.4. The summed E-state index contributed by atoms with van der Waals surface area (Å²) in [5, 5.41) is 7.44. The van der Waals surface area contributed by atoms with Gasteiger partial charge in [0.2, 0.25) is 0 Å². The number of hydrogen-bond acceptors (Lipinski definition) is 5. The van der Waals surface area contributed by atoms with E-state index in [1.54, 1.807) is 54.6 Å². The lowest BCUT2D eigenvalue weighted by atomic mass is 10.2. The molecule has 10 heteroatoms. The van der Waals surface area contributed by atoms with Crippen LogP contribution in [-0.2, 0) is 16.2 Å². The summed E-state index contributed by atoms with van der Waals surface area (Å²) in [5.74, 6) is -0.880. The van der Waals surface area contributed by atoms with Gasteiger partial charge in [-0.25, -0.2) is 5.43 Å². The van der Waals surface area contributed by atoms with Gasteiger partial charge in [-0.1, -0.05) is 53.0 Å². The standard InChI is InChI=1S/C23H18Cl3N3O4/c1-32-21-11-14(7-9-20(21)33-13-15-6-8-16(24)18(26)10-15)12-27-29-23(31)22(30)28-19-5-3-2-4-17(19)25/h2-12H,13H2,1H3,(H,28,30)(H,29,31)/b27-12-. The minimum atomic E-state index is -0.945. The van der Waals surface area contributed by atoms with Gasteiger partial charge < -0.3 is 14.8 Å². The van der Waals surface area contributed by atoms with Crippen molar-refractivity contribution in [2.45, 2.75) is 6.61 Å². The number of para-hydroxylation sites is 1. The third-order valence-electron chi connectivity index (χ3n) is 4.27. The normalized spacial score (nSPS) is 10.7. The fourth-order valence-electron chi connectivity index (χ4n) is 2.63. The molecule has 7 nitrogen and oxygen atoms in total. The smallest absolute Gasteiger partial charge is 0.329 e. The van der Waals surface area contributed by atoms with Crippen LogP contribution in [0.3, 0.4) is 0 Å². The second-order valence-electron chi connectivity index (χ2n) is 6.58. The Morgan fingerprint density at radius 2 is 1.70 bits per heavy atom. The molecular formula is C23H18Cl3N3O4. The third-order valence-corrected chi connectivity index (χ3v) is 5.34. The molecule has 0 saturated carbocycles. The highest BCUT2D eigenvalue weighted by Crippen LogP contribution is 2.29. The van der Waals surface area contributed by atoms with Crippen molar-refractivity contribution < 1.29 is 19.1 Å². The topological polar surface area (TPSA) is 89.0 Å². The van der Waals surface area contributed by atoms with E-state index in [1.807, 2.05) is 6.07 Å². The monoisotopic (exact) mass is 505 g/mol. The van der Waals surface area contributed by atoms with Crippen molar-refractivity contribution in [3.63, 3.8) is 0 Å². The quantitative estimate of drug-likeness (QED) is 0.258. The lowest BCUT2D eigenvalue weighted by Crippen LogP contribution is -2.32. The van der Waals surface area contributed by atoms with E-state index in [4.69, 9.17) is 44.3 Å². The predicted octanol–water partition coefficient (Wildman–Crippen LogP) is 5.32. The molecule has 2 amide bonds. The summed E-state index contributed by atoms with van der Waals surface area (Å²) in [6, 6.07) is 16.9. The molecule has 33 heavy (non-hydrogen) atoms. The second kappa shape index (κ2) is 11.6. The Morgan fingerprint density at radius 1 is 0.909 bits per heavy atom. The van der Waals surface area contributed by atoms with Gasteiger partial charge in [0.1, 0.15) is 6.61 Å². The minimum Gasteiger partial charge on any atom is -0.493 e. The number of nitrogens with zero attached hydrogens (tertiary/aromatic N) is 1. The van der Waals surface area contributed by atoms with Crippen LogP contribution in [0, 0.1) is 0 Å². The van der Waals surface area contributed by atoms with Crippen molar-refractivity contribution >= 4 is 58.5 Å². The Morgan fingerprint density at radius 3 is 2.42 bits per heavy atom. The van der Waals surface area contributed by atoms with E-state index in [0.717, 1.165) is 5.56 Å². The Hall–Kier alpha value is -3.26. The number of benzene rings is 3. The summed E-state index contributed by atoms with van der Waals surface area (Å²) in [4.78, 5) is 23.9. The van der Waals surface area contributed by atoms with Crippen LogP contribution in [0.15, 0.2) is 65.8 Å². The zero-order valence-corrected chi connectivity index (χ0v) is 19.5. The Bertz CT molecular complexity index is 1200. The van der Waals surface area contributed by atoms with Crippen molar-refractivity contribution in [2.75, 3.05) is 12.4 Å². The van der Waals surface area contributed by atoms with Crippen molar-refractivity contribution in [2.24, 2.45) is 5.10 Å². The fraction of sp³-hybridized carbons (Fsp3) is 0.0870. The minimum absolute atomic E-state index is 0.261. The summed E-state index contributed by atoms with van der Waals surface area (Å²) in [5.41, 5.74) is 3.94. The molecule has 0 aliphatic heterocycles. The summed E-state index contributed by atoms with van der Waals surface area (Å²) in [6.45, 7) is 0.261. The Balaban J connectivity index is 1.58. The van der Waals surface area contributed by atoms with Gasteiger partial charge in [0.25, 0.3) is 0 Å². The van der Waals surface area contributed by atoms with E-state index in [1.165, 1.54) is 13.3 Å². The van der Waals surface area contributed by atoms with Crippen LogP contribution >= 0.6 is 34.8 Å². The van der Waals surface area contributed by atoms with Gasteiger partial charge in [0.15, 0.2) is 11.5 Å². The summed E-state index contributed by atoms with van der Waals surface area (Å²) >= 11 is 17.9. The van der Waals surface area contributed by atoms with E-state index in [2.05, 4.69) is 15.8 Å². The largest absolute Gasteiger partial charge is 0.493 e. The van der Waals surface area contributed by atoms with Crippen molar-refractivity contribution in [1.29, 1.82) is 0 Å². The van der Waals surface area contributed by atoms with Crippen molar-refractivity contribution in [3.8, 4) is 11.5 Å². The summed E-state index contributed by atoms with van der Waals surface area (Å²) in [6.07, 6.45) is 1.37. The number of methoxy groups -OCH3 is 1. The number of carbonyl (C=O) groups excluding carboxylic acids is 2. The van der Waals surface area contributed by atoms with Crippen molar-refractivity contribution in [3.05, 3.63) is 86.9 Å². The fourth-order valence-corrected chi connectivity index (χ4v) is 3.14. The maximum absolute atomic E-state index is 12.0. The number of rotatable bonds is 7. The molecule has 0 bridgehead atoms. The van der Waals surface area contributed by atoms with Gasteiger partial charge in [-0.3, -0.25) is 9.59 Å². The summed E-state index contributed by atoms with van der Waals surface area (Å²) in [7, 11) is 1.50. The molecule has 0 aliphatic carbocycles. The predicted molar refractivity (Wildman–Crippen MR) is 130 cm³/mol. The van der Waals surface area contributed by atoms with Gasteiger partial charge in [-0.15, -0.1) is 0 Å². The summed E-state index contributed by atoms with van der Waals surface area (Å²) < 4.78 is 11.2. The van der Waals surface area contributed by atoms with E-state index < -0.39 is 11.8 Å². The van der Waals surface area contributed by atoms with E-state index in [-0.39, 0.29) is 6.61 Å². The zero-order valence-electron chi connectivity index (χ0n) is 17.3. The molecule has 0 spiro atoms. The number of ether oxygens (including phenoxy) is 2. The third kappa shape index (κ3) is 6.86. The molecule has 0 saturated heterocycles. The average Bonchev–Trinajstić information content (AvgIpc) is 2.81. The molecule has 0 atom stereocenters. The molecule has 0 aromatic heterocycles. The molecule has 0 heterocycles. The molecule has 2 N–H and O–H groups in total. The second-order valence-corrected chi connectivity index (χ2v) is 7.80. The lowest BCUT2D eigenvalue weighted by Gasteiger charge is -2.11. The number of amides is 2. The van der Waals surface area contributed by atoms with Crippen LogP contribution in [0.4, 0.5) is 5.69 Å². The zero-order chi connectivity index (χ0) is 23.8. The first-order valence-electron chi connectivity index (χ1n) is 9.51. The first-order chi connectivity index (χ1) is 15.9. The Labute approximate surface area is 205 Å². The average molecular weight is 507 g/mol. The highest BCUT2D eigenvalue weighted by molar-refractivity contribution is 6.42. The number of hydrazone groups is 1. The van der Waals surface area contributed by atoms with Gasteiger partial charge in [0.05, 0.1) is 34.1 Å². The molecular weight excluding hydrogens is 489 g/mol. The molecule has 3 rings (SSSR count). The molecule has 0 aliphatic rings. The molecule has 0 unspecified atom stereocenters. The maximum Gasteiger partial charge on any atom is 0.329 e. The van der Waals surface area contributed by atoms with Crippen LogP contribution in [-0.4, -0.2) is 25.1 Å². The van der Waals surface area contributed by atoms with E-state index in [0.29, 0.717) is 37.8 Å². The Kier molecular flexibility index (Phi) is 8.54. The lowest BCUT2D eigenvalue weighted by molar-refractivity contribution is -0.136. The van der Waals surface area contributed by atoms with Gasteiger partial charge >= 0.3 is 11.8 Å². The molecule has 3 aromatic rings. The number of carbonyl (C=O) groups is 2. The van der Waals surface area contributed by atoms with Gasteiger partial charge in [0, 0.05) is 0 Å². The SMILES string of the molecule is COc1cc(/C=N\NC(=O)C(=O)Nc2ccccc2Cl)ccc1OCc1ccc(Cl)c(Cl)c1. The number of nitrogens with one attached hydrogen (secondary N) is 2. The van der Waals surface area contributed by atoms with Crippen LogP contribution in [0.5, 0.6) is 11.5 Å². The molecule has 0 radical (unpaired) electrons. The first-order valence-corrected chi connectivity index (χ1v) is 10.6. The molecule has 3 aromatic carbocycles. The van der Waals surface area contributed by atoms with Crippen LogP contribution in [0.25, 0.3) is 0 Å². The highest BCUT2D eigenvalue weighted by Gasteiger charge is 2.14. The molecule has 0 fully saturated rings. The highest BCUT2D eigenvalue weighted by atomic mass is 35.5. The van der Waals surface area contributed by atoms with Crippen molar-refractivity contribution in [1.82, 2.24) is 5.43 Å². The number of halogens is 3. The van der Waals surface area contributed by atoms with Gasteiger partial charge in [-0.2, -0.15) is 5.10 Å². The number of hydrogen-bond donors (Lipinski definition) is 2. The van der Waals surface area contributed by atoms with Crippen LogP contribution in [0.1, 0.15) is 11.1 Å². The van der Waals surface area contributed by atoms with E-state index >= 15 is 0 Å². The maximum atomic E-state index is 12.0. The van der Waals surface area contributed by atoms with E-state index in [9.17, 15) is 9.59 Å². The van der Waals surface area contributed by atoms with Crippen LogP contribution in [0.2, 0.25) is 15.1 Å².